The van der Waals surface area contributed by atoms with Crippen LogP contribution in [-0.4, -0.2) is 10.2 Å². The van der Waals surface area contributed by atoms with Gasteiger partial charge in [-0.15, -0.1) is 0 Å². The molecule has 1 aromatic heterocycles. The fourth-order valence-electron chi connectivity index (χ4n) is 0.197. The molecule has 0 radical (unpaired) electrons. The molecule has 0 fully saturated rings. The van der Waals surface area contributed by atoms with Crippen molar-refractivity contribution in [1.29, 1.82) is 0 Å². The Hall–Kier alpha value is 2.00. The van der Waals surface area contributed by atoms with Gasteiger partial charge in [0.25, 0.3) is 0 Å². The van der Waals surface area contributed by atoms with Crippen molar-refractivity contribution in [2.45, 2.75) is 8.68 Å². The van der Waals surface area contributed by atoms with Crippen molar-refractivity contribution in [3.05, 3.63) is 0 Å². The standard InChI is InChI=1S/C2H2N2S3.2Na/c5-1-3-4-2(6)7-1;;/h(H,3,5)(H,4,6);;/q;2*+1/p-2. The predicted molar refractivity (Wildman–Crippen MR) is 31.2 cm³/mol. The molecule has 0 aliphatic heterocycles. The molecule has 9 heavy (non-hydrogen) atoms. The summed E-state index contributed by atoms with van der Waals surface area (Å²) in [6.07, 6.45) is 0. The SMILES string of the molecule is [Na+].[Na+].[S-]c1nnc([S-])s1. The Morgan fingerprint density at radius 1 is 1.00 bits per heavy atom. The zero-order chi connectivity index (χ0) is 5.28. The second-order valence-corrected chi connectivity index (χ2v) is 3.10. The molecule has 1 heterocycles. The van der Waals surface area contributed by atoms with Gasteiger partial charge < -0.3 is 36.6 Å². The first-order valence-corrected chi connectivity index (χ1v) is 3.10. The van der Waals surface area contributed by atoms with Crippen molar-refractivity contribution < 1.29 is 59.1 Å². The van der Waals surface area contributed by atoms with Gasteiger partial charge in [0.15, 0.2) is 0 Å². The number of nitrogens with zero attached hydrogens (tertiary/aromatic N) is 2. The third kappa shape index (κ3) is 5.29. The minimum atomic E-state index is 0. The molecular formula is C2N2Na2S3. The van der Waals surface area contributed by atoms with Crippen molar-refractivity contribution in [2.24, 2.45) is 0 Å². The first-order chi connectivity index (χ1) is 3.29. The van der Waals surface area contributed by atoms with Crippen LogP contribution in [0.1, 0.15) is 0 Å². The second kappa shape index (κ2) is 6.69. The number of hydrogen-bond acceptors (Lipinski definition) is 5. The molecule has 1 rings (SSSR count). The maximum absolute atomic E-state index is 4.61. The van der Waals surface area contributed by atoms with E-state index in [-0.39, 0.29) is 59.1 Å². The molecule has 0 atom stereocenters. The van der Waals surface area contributed by atoms with E-state index in [9.17, 15) is 0 Å². The smallest absolute Gasteiger partial charge is 0.406 e. The second-order valence-electron chi connectivity index (χ2n) is 0.834. The zero-order valence-electron chi connectivity index (χ0n) is 5.12. The molecular weight excluding hydrogens is 194 g/mol. The molecule has 1 aromatic rings. The molecule has 0 amide bonds. The van der Waals surface area contributed by atoms with Gasteiger partial charge in [-0.25, -0.2) is 0 Å². The van der Waals surface area contributed by atoms with Crippen LogP contribution >= 0.6 is 11.3 Å². The Bertz CT molecular complexity index is 150. The summed E-state index contributed by atoms with van der Waals surface area (Å²) in [6, 6.07) is 0. The van der Waals surface area contributed by atoms with E-state index in [0.29, 0.717) is 8.68 Å². The summed E-state index contributed by atoms with van der Waals surface area (Å²) >= 11 is 10.5. The summed E-state index contributed by atoms with van der Waals surface area (Å²) in [5.41, 5.74) is 0. The van der Waals surface area contributed by atoms with Gasteiger partial charge >= 0.3 is 59.1 Å². The summed E-state index contributed by atoms with van der Waals surface area (Å²) in [6.45, 7) is 0. The van der Waals surface area contributed by atoms with Gasteiger partial charge in [-0.1, -0.05) is 0 Å². The Morgan fingerprint density at radius 2 is 1.33 bits per heavy atom. The van der Waals surface area contributed by atoms with Crippen LogP contribution in [0.15, 0.2) is 8.68 Å². The van der Waals surface area contributed by atoms with E-state index in [1.807, 2.05) is 0 Å². The maximum atomic E-state index is 4.61. The fraction of sp³-hybridized carbons (Fsp3) is 0. The molecule has 0 spiro atoms. The normalized spacial score (nSPS) is 7.11. The molecule has 0 bridgehead atoms. The van der Waals surface area contributed by atoms with E-state index < -0.39 is 0 Å². The van der Waals surface area contributed by atoms with Crippen LogP contribution in [0.5, 0.6) is 0 Å². The van der Waals surface area contributed by atoms with Gasteiger partial charge in [-0.2, -0.15) is 10.2 Å². The van der Waals surface area contributed by atoms with Gasteiger partial charge in [-0.05, 0) is 8.68 Å². The molecule has 0 unspecified atom stereocenters. The quantitative estimate of drug-likeness (QED) is 0.304. The largest absolute Gasteiger partial charge is 1.00 e. The molecule has 38 valence electrons. The first kappa shape index (κ1) is 13.6. The van der Waals surface area contributed by atoms with Crippen molar-refractivity contribution in [1.82, 2.24) is 10.2 Å². The molecule has 2 nitrogen and oxygen atoms in total. The van der Waals surface area contributed by atoms with E-state index >= 15 is 0 Å². The molecule has 0 aromatic carbocycles. The molecule has 0 saturated carbocycles. The van der Waals surface area contributed by atoms with Gasteiger partial charge in [0.2, 0.25) is 0 Å². The Balaban J connectivity index is 0. The van der Waals surface area contributed by atoms with Crippen LogP contribution in [0.2, 0.25) is 0 Å². The average molecular weight is 194 g/mol. The van der Waals surface area contributed by atoms with E-state index in [2.05, 4.69) is 35.5 Å². The van der Waals surface area contributed by atoms with Crippen LogP contribution in [-0.2, 0) is 25.3 Å². The van der Waals surface area contributed by atoms with Crippen molar-refractivity contribution >= 4 is 36.6 Å². The van der Waals surface area contributed by atoms with Gasteiger partial charge in [0, 0.05) is 0 Å². The maximum Gasteiger partial charge on any atom is 1.00 e. The minimum absolute atomic E-state index is 0. The predicted octanol–water partition coefficient (Wildman–Crippen LogP) is -5.64. The van der Waals surface area contributed by atoms with Gasteiger partial charge in [0.1, 0.15) is 0 Å². The Labute approximate surface area is 113 Å². The van der Waals surface area contributed by atoms with Crippen molar-refractivity contribution in [2.75, 3.05) is 0 Å². The van der Waals surface area contributed by atoms with Gasteiger partial charge in [0.05, 0.1) is 0 Å². The molecule has 0 N–H and O–H groups in total. The monoisotopic (exact) mass is 194 g/mol. The number of aromatic nitrogens is 2. The average Bonchev–Trinajstić information content (AvgIpc) is 1.87. The molecule has 0 aliphatic rings. The summed E-state index contributed by atoms with van der Waals surface area (Å²) in [4.78, 5) is 0. The third-order valence-corrected chi connectivity index (χ3v) is 1.56. The third-order valence-electron chi connectivity index (χ3n) is 0.388. The molecule has 0 aliphatic carbocycles. The van der Waals surface area contributed by atoms with Crippen LogP contribution < -0.4 is 59.1 Å². The molecule has 0 saturated heterocycles. The van der Waals surface area contributed by atoms with E-state index in [4.69, 9.17) is 0 Å². The van der Waals surface area contributed by atoms with E-state index in [1.54, 1.807) is 0 Å². The van der Waals surface area contributed by atoms with Crippen molar-refractivity contribution in [3.63, 3.8) is 0 Å². The topological polar surface area (TPSA) is 25.8 Å². The number of rotatable bonds is 0. The number of hydrogen-bond donors (Lipinski definition) is 0. The molecule has 7 heteroatoms. The van der Waals surface area contributed by atoms with Crippen LogP contribution in [0.4, 0.5) is 0 Å². The fourth-order valence-corrected chi connectivity index (χ4v) is 1.22. The van der Waals surface area contributed by atoms with E-state index in [0.717, 1.165) is 0 Å². The van der Waals surface area contributed by atoms with Crippen molar-refractivity contribution in [3.8, 4) is 0 Å². The summed E-state index contributed by atoms with van der Waals surface area (Å²) in [5.74, 6) is 0. The summed E-state index contributed by atoms with van der Waals surface area (Å²) in [7, 11) is 0. The Morgan fingerprint density at radius 3 is 1.44 bits per heavy atom. The van der Waals surface area contributed by atoms with Crippen LogP contribution in [0.25, 0.3) is 0 Å². The Kier molecular flexibility index (Phi) is 10.1. The summed E-state index contributed by atoms with van der Waals surface area (Å²) < 4.78 is 1.04. The first-order valence-electron chi connectivity index (χ1n) is 1.46. The summed E-state index contributed by atoms with van der Waals surface area (Å²) in [5, 5.41) is 6.99. The van der Waals surface area contributed by atoms with Crippen LogP contribution in [0, 0.1) is 0 Å². The zero-order valence-corrected chi connectivity index (χ0v) is 11.6. The van der Waals surface area contributed by atoms with Crippen LogP contribution in [0.3, 0.4) is 0 Å². The van der Waals surface area contributed by atoms with E-state index in [1.165, 1.54) is 11.3 Å². The minimum Gasteiger partial charge on any atom is -0.406 e. The van der Waals surface area contributed by atoms with Gasteiger partial charge in [-0.3, -0.25) is 0 Å².